The summed E-state index contributed by atoms with van der Waals surface area (Å²) in [4.78, 5) is 12.2. The van der Waals surface area contributed by atoms with Crippen LogP contribution < -0.4 is 19.9 Å². The Balaban J connectivity index is 1.54. The Hall–Kier alpha value is -4.02. The minimum absolute atomic E-state index is 0.0937. The molecule has 0 amide bonds. The minimum atomic E-state index is -0.626. The van der Waals surface area contributed by atoms with Gasteiger partial charge in [-0.25, -0.2) is 9.18 Å². The van der Waals surface area contributed by atoms with Gasteiger partial charge in [0, 0.05) is 16.7 Å². The first kappa shape index (κ1) is 21.2. The maximum Gasteiger partial charge on any atom is 0.349 e. The molecular weight excluding hydrogens is 435 g/mol. The number of halogens is 2. The third kappa shape index (κ3) is 4.51. The molecule has 1 unspecified atom stereocenters. The van der Waals surface area contributed by atoms with Crippen molar-refractivity contribution in [3.05, 3.63) is 100 Å². The van der Waals surface area contributed by atoms with Crippen LogP contribution in [0.5, 0.6) is 17.2 Å². The van der Waals surface area contributed by atoms with Crippen molar-refractivity contribution in [3.63, 3.8) is 0 Å². The molecule has 8 heteroatoms. The number of nitrogens with zero attached hydrogens (tertiary/aromatic N) is 1. The number of carbonyl (C=O) groups excluding carboxylic acids is 1. The Labute approximate surface area is 188 Å². The molecule has 0 fully saturated rings. The van der Waals surface area contributed by atoms with Crippen molar-refractivity contribution in [1.82, 2.24) is 0 Å². The van der Waals surface area contributed by atoms with Crippen LogP contribution in [0, 0.1) is 17.1 Å². The fraction of sp³-hybridized carbons (Fsp3) is 0.0833. The lowest BCUT2D eigenvalue weighted by atomic mass is 9.83. The fourth-order valence-corrected chi connectivity index (χ4v) is 3.49. The average molecular weight is 451 g/mol. The average Bonchev–Trinajstić information content (AvgIpc) is 2.77. The number of nitriles is 1. The number of nitrogens with two attached hydrogens (primary N) is 1. The zero-order chi connectivity index (χ0) is 22.7. The van der Waals surface area contributed by atoms with Crippen LogP contribution in [-0.4, -0.2) is 12.6 Å². The lowest BCUT2D eigenvalue weighted by Gasteiger charge is -2.26. The van der Waals surface area contributed by atoms with E-state index in [1.165, 1.54) is 18.2 Å². The van der Waals surface area contributed by atoms with E-state index in [2.05, 4.69) is 0 Å². The second kappa shape index (κ2) is 9.00. The molecule has 1 aliphatic heterocycles. The van der Waals surface area contributed by atoms with Crippen molar-refractivity contribution in [3.8, 4) is 23.3 Å². The second-order valence-electron chi connectivity index (χ2n) is 6.90. The molecule has 32 heavy (non-hydrogen) atoms. The summed E-state index contributed by atoms with van der Waals surface area (Å²) in [6.07, 6.45) is 0. The minimum Gasteiger partial charge on any atom is -0.482 e. The Morgan fingerprint density at radius 1 is 1.12 bits per heavy atom. The number of hydrogen-bond donors (Lipinski definition) is 1. The summed E-state index contributed by atoms with van der Waals surface area (Å²) in [5.74, 6) is -0.781. The monoisotopic (exact) mass is 450 g/mol. The summed E-state index contributed by atoms with van der Waals surface area (Å²) >= 11 is 5.82. The number of allylic oxidation sites excluding steroid dienone is 1. The molecule has 160 valence electrons. The normalized spacial score (nSPS) is 14.7. The fourth-order valence-electron chi connectivity index (χ4n) is 3.36. The topological polar surface area (TPSA) is 94.6 Å². The SMILES string of the molecule is N#CC1=C(N)Oc2cc(OC(=O)COc3ccc(Cl)cc3)ccc2C1c1cccc(F)c1. The van der Waals surface area contributed by atoms with E-state index in [1.54, 1.807) is 48.5 Å². The lowest BCUT2D eigenvalue weighted by Crippen LogP contribution is -2.21. The molecule has 0 saturated heterocycles. The molecule has 1 aliphatic rings. The van der Waals surface area contributed by atoms with Crippen LogP contribution in [0.3, 0.4) is 0 Å². The standard InChI is InChI=1S/C24H16ClFN2O4/c25-15-4-6-17(7-5-15)30-13-22(29)31-18-8-9-19-21(11-18)32-24(28)20(12-27)23(19)14-2-1-3-16(26)10-14/h1-11,23H,13,28H2. The van der Waals surface area contributed by atoms with Crippen LogP contribution in [0.1, 0.15) is 17.0 Å². The molecule has 0 spiro atoms. The molecule has 0 aromatic heterocycles. The quantitative estimate of drug-likeness (QED) is 0.448. The van der Waals surface area contributed by atoms with Crippen LogP contribution in [0.25, 0.3) is 0 Å². The molecule has 1 atom stereocenters. The van der Waals surface area contributed by atoms with Gasteiger partial charge in [-0.2, -0.15) is 5.26 Å². The van der Waals surface area contributed by atoms with Gasteiger partial charge in [-0.3, -0.25) is 0 Å². The van der Waals surface area contributed by atoms with Gasteiger partial charge >= 0.3 is 5.97 Å². The summed E-state index contributed by atoms with van der Waals surface area (Å²) in [5.41, 5.74) is 7.27. The van der Waals surface area contributed by atoms with Crippen LogP contribution in [-0.2, 0) is 4.79 Å². The van der Waals surface area contributed by atoms with Crippen molar-refractivity contribution in [2.75, 3.05) is 6.61 Å². The Morgan fingerprint density at radius 3 is 2.59 bits per heavy atom. The smallest absolute Gasteiger partial charge is 0.349 e. The first-order valence-corrected chi connectivity index (χ1v) is 9.88. The van der Waals surface area contributed by atoms with E-state index in [9.17, 15) is 14.4 Å². The van der Waals surface area contributed by atoms with Crippen LogP contribution in [0.2, 0.25) is 5.02 Å². The first-order valence-electron chi connectivity index (χ1n) is 9.50. The van der Waals surface area contributed by atoms with Gasteiger partial charge < -0.3 is 19.9 Å². The summed E-state index contributed by atoms with van der Waals surface area (Å²) in [5, 5.41) is 10.1. The first-order chi connectivity index (χ1) is 15.4. The third-order valence-corrected chi connectivity index (χ3v) is 5.03. The molecule has 2 N–H and O–H groups in total. The van der Waals surface area contributed by atoms with E-state index in [-0.39, 0.29) is 23.8 Å². The number of benzene rings is 3. The number of esters is 1. The van der Waals surface area contributed by atoms with E-state index in [1.807, 2.05) is 6.07 Å². The highest BCUT2D eigenvalue weighted by Crippen LogP contribution is 2.43. The third-order valence-electron chi connectivity index (χ3n) is 4.77. The summed E-state index contributed by atoms with van der Waals surface area (Å²) in [6, 6.07) is 19.2. The van der Waals surface area contributed by atoms with E-state index in [0.717, 1.165) is 0 Å². The van der Waals surface area contributed by atoms with E-state index in [0.29, 0.717) is 27.6 Å². The van der Waals surface area contributed by atoms with E-state index < -0.39 is 17.7 Å². The van der Waals surface area contributed by atoms with Crippen molar-refractivity contribution in [2.24, 2.45) is 5.73 Å². The van der Waals surface area contributed by atoms with Crippen molar-refractivity contribution in [2.45, 2.75) is 5.92 Å². The molecule has 0 aliphatic carbocycles. The van der Waals surface area contributed by atoms with Gasteiger partial charge in [-0.1, -0.05) is 29.8 Å². The van der Waals surface area contributed by atoms with Crippen molar-refractivity contribution >= 4 is 17.6 Å². The van der Waals surface area contributed by atoms with E-state index in [4.69, 9.17) is 31.5 Å². The molecule has 3 aromatic rings. The predicted octanol–water partition coefficient (Wildman–Crippen LogP) is 4.68. The van der Waals surface area contributed by atoms with Crippen LogP contribution in [0.4, 0.5) is 4.39 Å². The molecule has 4 rings (SSSR count). The molecular formula is C24H16ClFN2O4. The zero-order valence-electron chi connectivity index (χ0n) is 16.5. The largest absolute Gasteiger partial charge is 0.482 e. The highest BCUT2D eigenvalue weighted by atomic mass is 35.5. The van der Waals surface area contributed by atoms with Crippen molar-refractivity contribution < 1.29 is 23.4 Å². The Morgan fingerprint density at radius 2 is 1.88 bits per heavy atom. The number of carbonyl (C=O) groups is 1. The van der Waals surface area contributed by atoms with Gasteiger partial charge in [0.2, 0.25) is 5.88 Å². The van der Waals surface area contributed by atoms with Gasteiger partial charge in [0.25, 0.3) is 0 Å². The Bertz CT molecular complexity index is 1250. The molecule has 0 saturated carbocycles. The number of rotatable bonds is 5. The number of hydrogen-bond acceptors (Lipinski definition) is 6. The van der Waals surface area contributed by atoms with Gasteiger partial charge in [0.1, 0.15) is 34.7 Å². The molecule has 0 radical (unpaired) electrons. The van der Waals surface area contributed by atoms with Gasteiger partial charge in [-0.15, -0.1) is 0 Å². The molecule has 0 bridgehead atoms. The zero-order valence-corrected chi connectivity index (χ0v) is 17.3. The maximum absolute atomic E-state index is 13.8. The van der Waals surface area contributed by atoms with Gasteiger partial charge in [0.15, 0.2) is 6.61 Å². The predicted molar refractivity (Wildman–Crippen MR) is 115 cm³/mol. The van der Waals surface area contributed by atoms with Crippen molar-refractivity contribution in [1.29, 1.82) is 5.26 Å². The second-order valence-corrected chi connectivity index (χ2v) is 7.33. The van der Waals surface area contributed by atoms with E-state index >= 15 is 0 Å². The molecule has 1 heterocycles. The number of ether oxygens (including phenoxy) is 3. The van der Waals surface area contributed by atoms with Crippen LogP contribution >= 0.6 is 11.6 Å². The summed E-state index contributed by atoms with van der Waals surface area (Å²) in [6.45, 7) is -0.313. The highest BCUT2D eigenvalue weighted by molar-refractivity contribution is 6.30. The summed E-state index contributed by atoms with van der Waals surface area (Å²) < 4.78 is 30.1. The number of fused-ring (bicyclic) bond motifs is 1. The van der Waals surface area contributed by atoms with Gasteiger partial charge in [-0.05, 0) is 48.0 Å². The van der Waals surface area contributed by atoms with Gasteiger partial charge in [0.05, 0.1) is 5.92 Å². The molecule has 3 aromatic carbocycles. The molecule has 6 nitrogen and oxygen atoms in total. The lowest BCUT2D eigenvalue weighted by molar-refractivity contribution is -0.136. The highest BCUT2D eigenvalue weighted by Gasteiger charge is 2.31. The van der Waals surface area contributed by atoms with Crippen LogP contribution in [0.15, 0.2) is 78.2 Å². The Kier molecular flexibility index (Phi) is 5.97. The maximum atomic E-state index is 13.8. The summed E-state index contributed by atoms with van der Waals surface area (Å²) in [7, 11) is 0.